The third-order valence-corrected chi connectivity index (χ3v) is 8.58. The molecule has 1 atom stereocenters. The van der Waals surface area contributed by atoms with E-state index in [1.807, 2.05) is 18.2 Å². The maximum atomic E-state index is 13.5. The van der Waals surface area contributed by atoms with E-state index in [4.69, 9.17) is 0 Å². The van der Waals surface area contributed by atoms with E-state index < -0.39 is 47.3 Å². The number of benzene rings is 2. The zero-order valence-electron chi connectivity index (χ0n) is 25.2. The summed E-state index contributed by atoms with van der Waals surface area (Å²) in [5, 5.41) is 7.19. The van der Waals surface area contributed by atoms with E-state index in [0.29, 0.717) is 41.8 Å². The summed E-state index contributed by atoms with van der Waals surface area (Å²) in [5.74, 6) is -1.26. The molecule has 244 valence electrons. The summed E-state index contributed by atoms with van der Waals surface area (Å²) >= 11 is 1.14. The first kappa shape index (κ1) is 34.4. The Morgan fingerprint density at radius 1 is 0.956 bits per heavy atom. The highest BCUT2D eigenvalue weighted by atomic mass is 32.1. The van der Waals surface area contributed by atoms with Gasteiger partial charge in [0.25, 0.3) is 0 Å². The minimum absolute atomic E-state index is 0.0534. The number of halogens is 6. The number of hydrogen-bond acceptors (Lipinski definition) is 5. The second-order valence-electron chi connectivity index (χ2n) is 12.3. The molecule has 0 spiro atoms. The Hall–Kier alpha value is -3.45. The van der Waals surface area contributed by atoms with Crippen LogP contribution in [0.5, 0.6) is 0 Å². The van der Waals surface area contributed by atoms with Gasteiger partial charge in [-0.15, -0.1) is 11.3 Å². The zero-order valence-corrected chi connectivity index (χ0v) is 26.0. The first-order valence-electron chi connectivity index (χ1n) is 14.6. The number of carbonyl (C=O) groups excluding carboxylic acids is 2. The van der Waals surface area contributed by atoms with Crippen molar-refractivity contribution >= 4 is 28.3 Å². The molecule has 13 heteroatoms. The average molecular weight is 655 g/mol. The molecule has 1 fully saturated rings. The molecular formula is C32H36F6N4O2S. The number of thiazole rings is 1. The third kappa shape index (κ3) is 9.52. The zero-order chi connectivity index (χ0) is 33.0. The monoisotopic (exact) mass is 654 g/mol. The summed E-state index contributed by atoms with van der Waals surface area (Å²) in [6, 6.07) is 11.5. The molecule has 1 aliphatic rings. The summed E-state index contributed by atoms with van der Waals surface area (Å²) < 4.78 is 80.1. The maximum absolute atomic E-state index is 13.5. The second-order valence-corrected chi connectivity index (χ2v) is 13.1. The Labute approximate surface area is 262 Å². The largest absolute Gasteiger partial charge is 0.416 e. The third-order valence-electron chi connectivity index (χ3n) is 7.80. The molecule has 1 aromatic heterocycles. The Balaban J connectivity index is 1.49. The Kier molecular flexibility index (Phi) is 10.6. The van der Waals surface area contributed by atoms with Gasteiger partial charge in [-0.1, -0.05) is 51.1 Å². The number of piperidine rings is 1. The van der Waals surface area contributed by atoms with Crippen LogP contribution >= 0.6 is 11.3 Å². The molecule has 0 aliphatic carbocycles. The highest BCUT2D eigenvalue weighted by Crippen LogP contribution is 2.37. The fraction of sp³-hybridized carbons (Fsp3) is 0.469. The first-order valence-corrected chi connectivity index (χ1v) is 15.5. The molecule has 0 bridgehead atoms. The van der Waals surface area contributed by atoms with Crippen LogP contribution in [0.4, 0.5) is 31.5 Å². The molecule has 3 aromatic rings. The predicted molar refractivity (Wildman–Crippen MR) is 161 cm³/mol. The van der Waals surface area contributed by atoms with Gasteiger partial charge in [0.15, 0.2) is 5.13 Å². The number of nitrogens with one attached hydrogen (secondary N) is 2. The van der Waals surface area contributed by atoms with Crippen LogP contribution in [0.1, 0.15) is 79.8 Å². The molecular weight excluding hydrogens is 618 g/mol. The summed E-state index contributed by atoms with van der Waals surface area (Å²) in [4.78, 5) is 32.6. The van der Waals surface area contributed by atoms with Crippen LogP contribution in [0.15, 0.2) is 53.9 Å². The number of carbonyl (C=O) groups is 2. The van der Waals surface area contributed by atoms with Crippen molar-refractivity contribution in [2.24, 2.45) is 5.41 Å². The highest BCUT2D eigenvalue weighted by molar-refractivity contribution is 7.14. The van der Waals surface area contributed by atoms with Gasteiger partial charge in [0.1, 0.15) is 0 Å². The summed E-state index contributed by atoms with van der Waals surface area (Å²) in [7, 11) is 0. The molecule has 1 saturated heterocycles. The Morgan fingerprint density at radius 2 is 1.56 bits per heavy atom. The summed E-state index contributed by atoms with van der Waals surface area (Å²) in [6.45, 7) is 6.83. The van der Waals surface area contributed by atoms with E-state index in [1.165, 1.54) is 5.56 Å². The molecule has 0 radical (unpaired) electrons. The second kappa shape index (κ2) is 13.9. The molecule has 2 aromatic carbocycles. The van der Waals surface area contributed by atoms with E-state index in [1.54, 1.807) is 26.2 Å². The summed E-state index contributed by atoms with van der Waals surface area (Å²) in [6.07, 6.45) is -7.79. The van der Waals surface area contributed by atoms with Crippen molar-refractivity contribution in [1.29, 1.82) is 0 Å². The van der Waals surface area contributed by atoms with Crippen molar-refractivity contribution in [2.75, 3.05) is 25.0 Å². The fourth-order valence-electron chi connectivity index (χ4n) is 5.16. The SMILES string of the molecule is CC(C)(C)C(=O)Nc1nc(C(CCN2CCC(c3ccccc3)CC2)C(=O)NCc2cc(C(F)(F)F)cc(C(F)(F)F)c2)cs1. The van der Waals surface area contributed by atoms with Gasteiger partial charge in [-0.05, 0) is 74.1 Å². The van der Waals surface area contributed by atoms with Gasteiger partial charge < -0.3 is 15.5 Å². The van der Waals surface area contributed by atoms with Gasteiger partial charge in [-0.3, -0.25) is 9.59 Å². The van der Waals surface area contributed by atoms with Crippen molar-refractivity contribution in [3.8, 4) is 0 Å². The number of amides is 2. The average Bonchev–Trinajstić information content (AvgIpc) is 3.43. The standard InChI is InChI=1S/C32H36F6N4O2S/c1-30(2,3)28(44)41-29-40-26(19-45-29)25(11-14-42-12-9-22(10-13-42)21-7-5-4-6-8-21)27(43)39-18-20-15-23(31(33,34)35)17-24(16-20)32(36,37)38/h4-8,15-17,19,22,25H,9-14,18H2,1-3H3,(H,39,43)(H,40,41,44). The molecule has 45 heavy (non-hydrogen) atoms. The number of alkyl halides is 6. The van der Waals surface area contributed by atoms with E-state index in [2.05, 4.69) is 32.7 Å². The normalized spacial score (nSPS) is 15.9. The van der Waals surface area contributed by atoms with E-state index in [0.717, 1.165) is 37.3 Å². The topological polar surface area (TPSA) is 74.3 Å². The highest BCUT2D eigenvalue weighted by Gasteiger charge is 2.37. The number of aromatic nitrogens is 1. The van der Waals surface area contributed by atoms with E-state index in [9.17, 15) is 35.9 Å². The molecule has 2 amide bonds. The number of nitrogens with zero attached hydrogens (tertiary/aromatic N) is 2. The van der Waals surface area contributed by atoms with Crippen LogP contribution in [0.2, 0.25) is 0 Å². The van der Waals surface area contributed by atoms with Crippen molar-refractivity contribution in [3.63, 3.8) is 0 Å². The number of likely N-dealkylation sites (tertiary alicyclic amines) is 1. The minimum Gasteiger partial charge on any atom is -0.351 e. The quantitative estimate of drug-likeness (QED) is 0.231. The lowest BCUT2D eigenvalue weighted by Gasteiger charge is -2.32. The molecule has 2 heterocycles. The van der Waals surface area contributed by atoms with Crippen LogP contribution in [0, 0.1) is 5.41 Å². The number of hydrogen-bond donors (Lipinski definition) is 2. The van der Waals surface area contributed by atoms with Gasteiger partial charge in [-0.2, -0.15) is 26.3 Å². The van der Waals surface area contributed by atoms with Gasteiger partial charge >= 0.3 is 12.4 Å². The van der Waals surface area contributed by atoms with Gasteiger partial charge in [0, 0.05) is 17.3 Å². The molecule has 1 unspecified atom stereocenters. The smallest absolute Gasteiger partial charge is 0.351 e. The van der Waals surface area contributed by atoms with Gasteiger partial charge in [0.2, 0.25) is 11.8 Å². The predicted octanol–water partition coefficient (Wildman–Crippen LogP) is 7.84. The lowest BCUT2D eigenvalue weighted by atomic mass is 9.89. The summed E-state index contributed by atoms with van der Waals surface area (Å²) in [5.41, 5.74) is -2.27. The van der Waals surface area contributed by atoms with Crippen LogP contribution < -0.4 is 10.6 Å². The lowest BCUT2D eigenvalue weighted by Crippen LogP contribution is -2.36. The van der Waals surface area contributed by atoms with E-state index in [-0.39, 0.29) is 17.5 Å². The molecule has 1 aliphatic heterocycles. The molecule has 0 saturated carbocycles. The lowest BCUT2D eigenvalue weighted by molar-refractivity contribution is -0.143. The molecule has 2 N–H and O–H groups in total. The maximum Gasteiger partial charge on any atom is 0.416 e. The van der Waals surface area contributed by atoms with Crippen LogP contribution in [0.25, 0.3) is 0 Å². The first-order chi connectivity index (χ1) is 21.0. The van der Waals surface area contributed by atoms with Crippen LogP contribution in [-0.2, 0) is 28.5 Å². The van der Waals surface area contributed by atoms with Crippen molar-refractivity contribution < 1.29 is 35.9 Å². The van der Waals surface area contributed by atoms with Crippen molar-refractivity contribution in [3.05, 3.63) is 81.9 Å². The Morgan fingerprint density at radius 3 is 2.11 bits per heavy atom. The molecule has 6 nitrogen and oxygen atoms in total. The van der Waals surface area contributed by atoms with Crippen LogP contribution in [0.3, 0.4) is 0 Å². The van der Waals surface area contributed by atoms with Crippen molar-refractivity contribution in [2.45, 2.75) is 70.8 Å². The number of anilines is 1. The molecule has 4 rings (SSSR count). The van der Waals surface area contributed by atoms with Crippen LogP contribution in [-0.4, -0.2) is 41.3 Å². The minimum atomic E-state index is -5.00. The number of rotatable bonds is 9. The fourth-order valence-corrected chi connectivity index (χ4v) is 5.92. The van der Waals surface area contributed by atoms with E-state index >= 15 is 0 Å². The van der Waals surface area contributed by atoms with Gasteiger partial charge in [-0.25, -0.2) is 4.98 Å². The van der Waals surface area contributed by atoms with Gasteiger partial charge in [0.05, 0.1) is 22.7 Å². The van der Waals surface area contributed by atoms with Crippen molar-refractivity contribution in [1.82, 2.24) is 15.2 Å². The Bertz CT molecular complexity index is 1430.